The second-order valence-electron chi connectivity index (χ2n) is 5.84. The first-order valence-corrected chi connectivity index (χ1v) is 8.60. The molecule has 0 fully saturated rings. The molecule has 132 valence electrons. The number of hydrogen-bond acceptors (Lipinski definition) is 5. The van der Waals surface area contributed by atoms with Gasteiger partial charge < -0.3 is 16.4 Å². The highest BCUT2D eigenvalue weighted by atomic mass is 35.5. The monoisotopic (exact) mass is 371 g/mol. The Morgan fingerprint density at radius 1 is 1.14 bits per heavy atom. The summed E-state index contributed by atoms with van der Waals surface area (Å²) in [5.74, 6) is 0.0181. The van der Waals surface area contributed by atoms with Crippen LogP contribution in [-0.4, -0.2) is 47.4 Å². The summed E-state index contributed by atoms with van der Waals surface area (Å²) in [6.45, 7) is 4.82. The lowest BCUT2D eigenvalue weighted by Gasteiger charge is -2.35. The molecule has 0 aliphatic rings. The van der Waals surface area contributed by atoms with E-state index in [0.29, 0.717) is 18.8 Å². The SMILES string of the molecule is CC(C)(CS)C(=O)N(CCCCCCN)[C@@H](CS)C(N)=O.Cl. The quantitative estimate of drug-likeness (QED) is 0.327. The molecule has 0 heterocycles. The van der Waals surface area contributed by atoms with Crippen LogP contribution in [0.2, 0.25) is 0 Å². The third kappa shape index (κ3) is 7.94. The number of carbonyl (C=O) groups excluding carboxylic acids is 2. The van der Waals surface area contributed by atoms with Gasteiger partial charge >= 0.3 is 0 Å². The number of primary amides is 1. The van der Waals surface area contributed by atoms with E-state index in [1.54, 1.807) is 4.90 Å². The van der Waals surface area contributed by atoms with Gasteiger partial charge in [-0.15, -0.1) is 12.4 Å². The fourth-order valence-electron chi connectivity index (χ4n) is 1.98. The van der Waals surface area contributed by atoms with Crippen molar-refractivity contribution in [3.05, 3.63) is 0 Å². The summed E-state index contributed by atoms with van der Waals surface area (Å²) in [6, 6.07) is -0.672. The maximum Gasteiger partial charge on any atom is 0.241 e. The van der Waals surface area contributed by atoms with Gasteiger partial charge in [0.2, 0.25) is 11.8 Å². The molecule has 4 N–H and O–H groups in total. The predicted molar refractivity (Wildman–Crippen MR) is 101 cm³/mol. The van der Waals surface area contributed by atoms with Crippen molar-refractivity contribution in [3.8, 4) is 0 Å². The smallest absolute Gasteiger partial charge is 0.241 e. The molecule has 0 radical (unpaired) electrons. The molecule has 2 amide bonds. The highest BCUT2D eigenvalue weighted by molar-refractivity contribution is 7.80. The van der Waals surface area contributed by atoms with Gasteiger partial charge in [-0.25, -0.2) is 0 Å². The summed E-state index contributed by atoms with van der Waals surface area (Å²) >= 11 is 8.39. The topological polar surface area (TPSA) is 89.4 Å². The first-order chi connectivity index (χ1) is 9.81. The number of amides is 2. The molecule has 8 heteroatoms. The highest BCUT2D eigenvalue weighted by Crippen LogP contribution is 2.23. The predicted octanol–water partition coefficient (Wildman–Crippen LogP) is 1.50. The van der Waals surface area contributed by atoms with Gasteiger partial charge in [-0.3, -0.25) is 9.59 Å². The summed E-state index contributed by atoms with van der Waals surface area (Å²) in [4.78, 5) is 25.8. The van der Waals surface area contributed by atoms with Gasteiger partial charge in [-0.05, 0) is 19.4 Å². The molecule has 0 saturated heterocycles. The normalized spacial score (nSPS) is 12.4. The standard InChI is InChI=1S/C14H29N3O2S2.ClH/c1-14(2,10-21)13(19)17(11(9-20)12(16)18)8-6-4-3-5-7-15;/h11,20-21H,3-10,15H2,1-2H3,(H2,16,18);1H/t11-;/m0./s1. The molecule has 0 aliphatic heterocycles. The molecule has 5 nitrogen and oxygen atoms in total. The summed E-state index contributed by atoms with van der Waals surface area (Å²) in [5, 5.41) is 0. The lowest BCUT2D eigenvalue weighted by Crippen LogP contribution is -2.53. The van der Waals surface area contributed by atoms with Crippen LogP contribution in [0.5, 0.6) is 0 Å². The van der Waals surface area contributed by atoms with E-state index < -0.39 is 17.4 Å². The van der Waals surface area contributed by atoms with E-state index in [0.717, 1.165) is 25.7 Å². The van der Waals surface area contributed by atoms with Gasteiger partial charge in [0.1, 0.15) is 6.04 Å². The van der Waals surface area contributed by atoms with Crippen LogP contribution < -0.4 is 11.5 Å². The highest BCUT2D eigenvalue weighted by Gasteiger charge is 2.35. The zero-order valence-corrected chi connectivity index (χ0v) is 16.1. The van der Waals surface area contributed by atoms with Crippen LogP contribution in [0.1, 0.15) is 39.5 Å². The van der Waals surface area contributed by atoms with Crippen molar-refractivity contribution in [2.24, 2.45) is 16.9 Å². The number of halogens is 1. The van der Waals surface area contributed by atoms with Gasteiger partial charge in [0.15, 0.2) is 0 Å². The van der Waals surface area contributed by atoms with Crippen LogP contribution in [0.4, 0.5) is 0 Å². The van der Waals surface area contributed by atoms with Crippen molar-refractivity contribution in [2.75, 3.05) is 24.6 Å². The van der Waals surface area contributed by atoms with Crippen LogP contribution in [0, 0.1) is 5.41 Å². The molecule has 1 atom stereocenters. The van der Waals surface area contributed by atoms with E-state index in [1.165, 1.54) is 0 Å². The summed E-state index contributed by atoms with van der Waals surface area (Å²) in [5.41, 5.74) is 10.2. The summed E-state index contributed by atoms with van der Waals surface area (Å²) in [7, 11) is 0. The van der Waals surface area contributed by atoms with Crippen molar-refractivity contribution >= 4 is 49.5 Å². The second kappa shape index (κ2) is 12.3. The zero-order chi connectivity index (χ0) is 16.5. The summed E-state index contributed by atoms with van der Waals surface area (Å²) in [6.07, 6.45) is 3.80. The zero-order valence-electron chi connectivity index (χ0n) is 13.5. The molecule has 0 aromatic rings. The third-order valence-electron chi connectivity index (χ3n) is 3.47. The van der Waals surface area contributed by atoms with Crippen LogP contribution in [0.15, 0.2) is 0 Å². The molecule has 0 spiro atoms. The number of nitrogens with zero attached hydrogens (tertiary/aromatic N) is 1. The van der Waals surface area contributed by atoms with Crippen LogP contribution in [-0.2, 0) is 9.59 Å². The fraction of sp³-hybridized carbons (Fsp3) is 0.857. The Morgan fingerprint density at radius 3 is 2.09 bits per heavy atom. The van der Waals surface area contributed by atoms with Crippen LogP contribution in [0.25, 0.3) is 0 Å². The minimum absolute atomic E-state index is 0. The molecule has 0 bridgehead atoms. The minimum Gasteiger partial charge on any atom is -0.368 e. The van der Waals surface area contributed by atoms with Crippen molar-refractivity contribution in [2.45, 2.75) is 45.6 Å². The van der Waals surface area contributed by atoms with E-state index >= 15 is 0 Å². The maximum atomic E-state index is 12.6. The van der Waals surface area contributed by atoms with E-state index in [4.69, 9.17) is 11.5 Å². The van der Waals surface area contributed by atoms with Gasteiger partial charge in [0.25, 0.3) is 0 Å². The molecule has 0 aromatic carbocycles. The Morgan fingerprint density at radius 2 is 1.68 bits per heavy atom. The Labute approximate surface area is 151 Å². The molecule has 0 aliphatic carbocycles. The largest absolute Gasteiger partial charge is 0.368 e. The summed E-state index contributed by atoms with van der Waals surface area (Å²) < 4.78 is 0. The van der Waals surface area contributed by atoms with Gasteiger partial charge in [-0.1, -0.05) is 26.7 Å². The lowest BCUT2D eigenvalue weighted by atomic mass is 9.93. The first kappa shape index (κ1) is 24.1. The van der Waals surface area contributed by atoms with Crippen molar-refractivity contribution < 1.29 is 9.59 Å². The molecule has 0 aromatic heterocycles. The molecule has 22 heavy (non-hydrogen) atoms. The van der Waals surface area contributed by atoms with Gasteiger partial charge in [0, 0.05) is 18.1 Å². The number of hydrogen-bond donors (Lipinski definition) is 4. The van der Waals surface area contributed by atoms with E-state index in [-0.39, 0.29) is 24.1 Å². The first-order valence-electron chi connectivity index (χ1n) is 7.34. The number of nitrogens with two attached hydrogens (primary N) is 2. The average molecular weight is 372 g/mol. The number of unbranched alkanes of at least 4 members (excludes halogenated alkanes) is 3. The molecular weight excluding hydrogens is 342 g/mol. The number of thiol groups is 2. The number of carbonyl (C=O) groups is 2. The van der Waals surface area contributed by atoms with E-state index in [2.05, 4.69) is 25.3 Å². The molecule has 0 saturated carbocycles. The lowest BCUT2D eigenvalue weighted by molar-refractivity contribution is -0.145. The maximum absolute atomic E-state index is 12.6. The Kier molecular flexibility index (Phi) is 13.5. The average Bonchev–Trinajstić information content (AvgIpc) is 2.44. The number of rotatable bonds is 11. The Balaban J connectivity index is 0. The van der Waals surface area contributed by atoms with E-state index in [1.807, 2.05) is 13.8 Å². The fourth-order valence-corrected chi connectivity index (χ4v) is 2.49. The van der Waals surface area contributed by atoms with E-state index in [9.17, 15) is 9.59 Å². The van der Waals surface area contributed by atoms with Crippen molar-refractivity contribution in [1.82, 2.24) is 4.90 Å². The second-order valence-corrected chi connectivity index (χ2v) is 6.53. The van der Waals surface area contributed by atoms with Crippen LogP contribution in [0.3, 0.4) is 0 Å². The van der Waals surface area contributed by atoms with Crippen molar-refractivity contribution in [3.63, 3.8) is 0 Å². The van der Waals surface area contributed by atoms with Crippen LogP contribution >= 0.6 is 37.7 Å². The Hall–Kier alpha value is -0.110. The molecule has 0 rings (SSSR count). The van der Waals surface area contributed by atoms with Gasteiger partial charge in [0.05, 0.1) is 5.41 Å². The molecule has 0 unspecified atom stereocenters. The van der Waals surface area contributed by atoms with Gasteiger partial charge in [-0.2, -0.15) is 25.3 Å². The third-order valence-corrected chi connectivity index (χ3v) is 4.60. The minimum atomic E-state index is -0.672. The molecular formula is C14H30ClN3O2S2. The Bertz CT molecular complexity index is 344. The van der Waals surface area contributed by atoms with Crippen molar-refractivity contribution in [1.29, 1.82) is 0 Å².